The van der Waals surface area contributed by atoms with E-state index in [4.69, 9.17) is 0 Å². The molecule has 2 aromatic rings. The molecule has 9 heteroatoms. The van der Waals surface area contributed by atoms with E-state index in [1.165, 1.54) is 6.07 Å². The number of amides is 2. The smallest absolute Gasteiger partial charge is 0.355 e. The van der Waals surface area contributed by atoms with Crippen LogP contribution < -0.4 is 10.2 Å². The molecule has 1 atom stereocenters. The molecule has 2 heterocycles. The highest BCUT2D eigenvalue weighted by molar-refractivity contribution is 5.97. The number of hydrogen-bond acceptors (Lipinski definition) is 4. The summed E-state index contributed by atoms with van der Waals surface area (Å²) in [5, 5.41) is 2.87. The van der Waals surface area contributed by atoms with E-state index < -0.39 is 17.8 Å². The Morgan fingerprint density at radius 1 is 1.00 bits per heavy atom. The molecule has 1 saturated heterocycles. The van der Waals surface area contributed by atoms with Gasteiger partial charge in [0.2, 0.25) is 5.91 Å². The first-order chi connectivity index (χ1) is 15.6. The number of nitrogens with one attached hydrogen (secondary N) is 1. The largest absolute Gasteiger partial charge is 0.417 e. The fourth-order valence-electron chi connectivity index (χ4n) is 3.75. The van der Waals surface area contributed by atoms with Crippen LogP contribution in [0.2, 0.25) is 0 Å². The highest BCUT2D eigenvalue weighted by Gasteiger charge is 2.32. The second kappa shape index (κ2) is 10.2. The number of pyridine rings is 1. The highest BCUT2D eigenvalue weighted by Crippen LogP contribution is 2.29. The number of nitrogens with zero attached hydrogens (tertiary/aromatic N) is 3. The van der Waals surface area contributed by atoms with Gasteiger partial charge in [0.15, 0.2) is 0 Å². The molecule has 33 heavy (non-hydrogen) atoms. The minimum atomic E-state index is -4.43. The summed E-state index contributed by atoms with van der Waals surface area (Å²) in [7, 11) is 0. The van der Waals surface area contributed by atoms with Crippen LogP contribution in [0.25, 0.3) is 0 Å². The van der Waals surface area contributed by atoms with Crippen molar-refractivity contribution in [2.75, 3.05) is 31.1 Å². The SMILES string of the molecule is Cc1ccc(C(=O)N[C@H](C(=O)N2CCCN(c3ccc(C(F)(F)F)cn3)CC2)C(C)C)cc1. The molecular weight excluding hydrogens is 433 g/mol. The fraction of sp³-hybridized carbons (Fsp3) is 0.458. The summed E-state index contributed by atoms with van der Waals surface area (Å²) in [5.41, 5.74) is 0.746. The molecule has 0 bridgehead atoms. The van der Waals surface area contributed by atoms with Gasteiger partial charge in [0.05, 0.1) is 5.56 Å². The van der Waals surface area contributed by atoms with Crippen molar-refractivity contribution < 1.29 is 22.8 Å². The van der Waals surface area contributed by atoms with Gasteiger partial charge < -0.3 is 15.1 Å². The molecule has 1 aromatic carbocycles. The Hall–Kier alpha value is -3.10. The quantitative estimate of drug-likeness (QED) is 0.732. The second-order valence-corrected chi connectivity index (χ2v) is 8.63. The van der Waals surface area contributed by atoms with Crippen molar-refractivity contribution in [1.29, 1.82) is 0 Å². The molecule has 0 saturated carbocycles. The Balaban J connectivity index is 1.65. The molecule has 2 amide bonds. The predicted molar refractivity (Wildman–Crippen MR) is 120 cm³/mol. The average molecular weight is 463 g/mol. The second-order valence-electron chi connectivity index (χ2n) is 8.63. The van der Waals surface area contributed by atoms with Gasteiger partial charge in [-0.2, -0.15) is 13.2 Å². The lowest BCUT2D eigenvalue weighted by Crippen LogP contribution is -2.52. The van der Waals surface area contributed by atoms with Gasteiger partial charge >= 0.3 is 6.18 Å². The topological polar surface area (TPSA) is 65.5 Å². The molecule has 1 aromatic heterocycles. The van der Waals surface area contributed by atoms with E-state index >= 15 is 0 Å². The molecule has 0 spiro atoms. The number of aromatic nitrogens is 1. The van der Waals surface area contributed by atoms with E-state index in [-0.39, 0.29) is 17.7 Å². The maximum atomic E-state index is 13.3. The van der Waals surface area contributed by atoms with Crippen LogP contribution in [0.1, 0.15) is 41.8 Å². The summed E-state index contributed by atoms with van der Waals surface area (Å²) < 4.78 is 38.4. The molecular formula is C24H29F3N4O2. The summed E-state index contributed by atoms with van der Waals surface area (Å²) >= 11 is 0. The Bertz CT molecular complexity index is 959. The molecule has 1 aliphatic rings. The van der Waals surface area contributed by atoms with Crippen LogP contribution in [0.4, 0.5) is 19.0 Å². The van der Waals surface area contributed by atoms with Crippen LogP contribution in [-0.4, -0.2) is 53.9 Å². The fourth-order valence-corrected chi connectivity index (χ4v) is 3.75. The van der Waals surface area contributed by atoms with Crippen LogP contribution in [0, 0.1) is 12.8 Å². The van der Waals surface area contributed by atoms with Gasteiger partial charge in [0, 0.05) is 37.9 Å². The number of halogens is 3. The lowest BCUT2D eigenvalue weighted by molar-refractivity contribution is -0.138. The van der Waals surface area contributed by atoms with E-state index in [9.17, 15) is 22.8 Å². The van der Waals surface area contributed by atoms with Crippen molar-refractivity contribution in [3.63, 3.8) is 0 Å². The number of alkyl halides is 3. The number of hydrogen-bond donors (Lipinski definition) is 1. The molecule has 6 nitrogen and oxygen atoms in total. The van der Waals surface area contributed by atoms with Crippen LogP contribution in [0.15, 0.2) is 42.6 Å². The third-order valence-electron chi connectivity index (χ3n) is 5.74. The Morgan fingerprint density at radius 2 is 1.70 bits per heavy atom. The van der Waals surface area contributed by atoms with E-state index in [0.29, 0.717) is 44.0 Å². The van der Waals surface area contributed by atoms with Crippen LogP contribution in [0.5, 0.6) is 0 Å². The summed E-state index contributed by atoms with van der Waals surface area (Å²) in [6.07, 6.45) is -2.95. The van der Waals surface area contributed by atoms with Crippen molar-refractivity contribution in [2.45, 2.75) is 39.4 Å². The van der Waals surface area contributed by atoms with E-state index in [1.807, 2.05) is 37.8 Å². The number of aryl methyl sites for hydroxylation is 1. The first-order valence-corrected chi connectivity index (χ1v) is 11.0. The first kappa shape index (κ1) is 24.5. The van der Waals surface area contributed by atoms with Crippen LogP contribution in [0.3, 0.4) is 0 Å². The van der Waals surface area contributed by atoms with E-state index in [2.05, 4.69) is 10.3 Å². The summed E-state index contributed by atoms with van der Waals surface area (Å²) in [4.78, 5) is 33.5. The third-order valence-corrected chi connectivity index (χ3v) is 5.74. The highest BCUT2D eigenvalue weighted by atomic mass is 19.4. The zero-order valence-electron chi connectivity index (χ0n) is 19.0. The number of carbonyl (C=O) groups is 2. The van der Waals surface area contributed by atoms with Crippen molar-refractivity contribution in [3.05, 3.63) is 59.3 Å². The summed E-state index contributed by atoms with van der Waals surface area (Å²) in [5.74, 6) is -0.117. The zero-order chi connectivity index (χ0) is 24.2. The van der Waals surface area contributed by atoms with Crippen molar-refractivity contribution in [3.8, 4) is 0 Å². The van der Waals surface area contributed by atoms with Crippen molar-refractivity contribution in [2.24, 2.45) is 5.92 Å². The van der Waals surface area contributed by atoms with Gasteiger partial charge in [-0.15, -0.1) is 0 Å². The van der Waals surface area contributed by atoms with Gasteiger partial charge in [-0.3, -0.25) is 9.59 Å². The predicted octanol–water partition coefficient (Wildman–Crippen LogP) is 3.90. The molecule has 1 aliphatic heterocycles. The summed E-state index contributed by atoms with van der Waals surface area (Å²) in [6, 6.07) is 8.86. The van der Waals surface area contributed by atoms with Gasteiger partial charge in [-0.05, 0) is 43.5 Å². The minimum absolute atomic E-state index is 0.108. The molecule has 178 valence electrons. The van der Waals surface area contributed by atoms with Gasteiger partial charge in [-0.1, -0.05) is 31.5 Å². The van der Waals surface area contributed by atoms with Gasteiger partial charge in [0.1, 0.15) is 11.9 Å². The first-order valence-electron chi connectivity index (χ1n) is 11.0. The lowest BCUT2D eigenvalue weighted by atomic mass is 10.0. The number of carbonyl (C=O) groups excluding carboxylic acids is 2. The Morgan fingerprint density at radius 3 is 2.27 bits per heavy atom. The van der Waals surface area contributed by atoms with Crippen molar-refractivity contribution >= 4 is 17.6 Å². The maximum absolute atomic E-state index is 13.3. The molecule has 0 radical (unpaired) electrons. The Kier molecular flexibility index (Phi) is 7.61. The molecule has 1 N–H and O–H groups in total. The number of benzene rings is 1. The van der Waals surface area contributed by atoms with E-state index in [1.54, 1.807) is 17.0 Å². The number of rotatable bonds is 5. The van der Waals surface area contributed by atoms with Gasteiger partial charge in [-0.25, -0.2) is 4.98 Å². The number of anilines is 1. The van der Waals surface area contributed by atoms with Crippen LogP contribution >= 0.6 is 0 Å². The molecule has 1 fully saturated rings. The van der Waals surface area contributed by atoms with E-state index in [0.717, 1.165) is 17.8 Å². The zero-order valence-corrected chi connectivity index (χ0v) is 19.0. The van der Waals surface area contributed by atoms with Crippen LogP contribution in [-0.2, 0) is 11.0 Å². The standard InChI is InChI=1S/C24H29F3N4O2/c1-16(2)21(29-22(32)18-7-5-17(3)6-8-18)23(33)31-12-4-11-30(13-14-31)20-10-9-19(15-28-20)24(25,26)27/h5-10,15-16,21H,4,11-14H2,1-3H3,(H,29,32)/t21-/m0/s1. The lowest BCUT2D eigenvalue weighted by Gasteiger charge is -2.29. The third kappa shape index (κ3) is 6.24. The Labute approximate surface area is 191 Å². The molecule has 3 rings (SSSR count). The summed E-state index contributed by atoms with van der Waals surface area (Å²) in [6.45, 7) is 7.61. The monoisotopic (exact) mass is 462 g/mol. The normalized spacial score (nSPS) is 15.8. The molecule has 0 unspecified atom stereocenters. The maximum Gasteiger partial charge on any atom is 0.417 e. The van der Waals surface area contributed by atoms with Gasteiger partial charge in [0.25, 0.3) is 5.91 Å². The average Bonchev–Trinajstić information content (AvgIpc) is 3.03. The minimum Gasteiger partial charge on any atom is -0.355 e. The van der Waals surface area contributed by atoms with Crippen molar-refractivity contribution in [1.82, 2.24) is 15.2 Å². The molecule has 0 aliphatic carbocycles.